The molecule has 1 aliphatic rings. The Morgan fingerprint density at radius 1 is 1.11 bits per heavy atom. The fraction of sp³-hybridized carbons (Fsp3) is 0.476. The van der Waals surface area contributed by atoms with Crippen LogP contribution in [0.1, 0.15) is 38.1 Å². The Morgan fingerprint density at radius 2 is 1.78 bits per heavy atom. The predicted molar refractivity (Wildman–Crippen MR) is 109 cm³/mol. The first kappa shape index (κ1) is 19.3. The second-order valence-corrected chi connectivity index (χ2v) is 7.92. The van der Waals surface area contributed by atoms with Crippen LogP contribution in [0.15, 0.2) is 36.5 Å². The molecule has 3 rings (SSSR count). The minimum Gasteiger partial charge on any atom is -0.353 e. The standard InChI is InChI=1S/C21H29N5O/c1-5-25-11-13-26(14-12-25)19-17(20(27)24-21(2,3)4)15-22-18(23-19)16-9-7-6-8-10-16/h6-10,15H,5,11-14H2,1-4H3,(H,24,27). The topological polar surface area (TPSA) is 61.4 Å². The van der Waals surface area contributed by atoms with Crippen molar-refractivity contribution in [3.8, 4) is 11.4 Å². The van der Waals surface area contributed by atoms with E-state index in [0.717, 1.165) is 44.1 Å². The molecule has 1 aliphatic heterocycles. The number of anilines is 1. The summed E-state index contributed by atoms with van der Waals surface area (Å²) in [6.07, 6.45) is 1.66. The minimum atomic E-state index is -0.312. The highest BCUT2D eigenvalue weighted by molar-refractivity contribution is 5.99. The Labute approximate surface area is 161 Å². The lowest BCUT2D eigenvalue weighted by atomic mass is 10.1. The smallest absolute Gasteiger partial charge is 0.257 e. The van der Waals surface area contributed by atoms with Crippen LogP contribution in [0.3, 0.4) is 0 Å². The fourth-order valence-corrected chi connectivity index (χ4v) is 3.18. The van der Waals surface area contributed by atoms with Crippen molar-refractivity contribution in [2.45, 2.75) is 33.2 Å². The van der Waals surface area contributed by atoms with E-state index in [0.29, 0.717) is 11.4 Å². The minimum absolute atomic E-state index is 0.130. The number of aromatic nitrogens is 2. The van der Waals surface area contributed by atoms with Crippen molar-refractivity contribution in [1.82, 2.24) is 20.2 Å². The van der Waals surface area contributed by atoms with Crippen molar-refractivity contribution in [1.29, 1.82) is 0 Å². The summed E-state index contributed by atoms with van der Waals surface area (Å²) in [5, 5.41) is 3.04. The molecule has 2 heterocycles. The maximum atomic E-state index is 12.9. The third-order valence-corrected chi connectivity index (χ3v) is 4.65. The van der Waals surface area contributed by atoms with Crippen molar-refractivity contribution < 1.29 is 4.79 Å². The lowest BCUT2D eigenvalue weighted by Gasteiger charge is -2.35. The third-order valence-electron chi connectivity index (χ3n) is 4.65. The number of nitrogens with one attached hydrogen (secondary N) is 1. The number of hydrogen-bond donors (Lipinski definition) is 1. The molecule has 0 bridgehead atoms. The van der Waals surface area contributed by atoms with Gasteiger partial charge in [0.2, 0.25) is 0 Å². The highest BCUT2D eigenvalue weighted by Gasteiger charge is 2.25. The van der Waals surface area contributed by atoms with Crippen LogP contribution in [0.4, 0.5) is 5.82 Å². The van der Waals surface area contributed by atoms with Gasteiger partial charge in [0, 0.05) is 43.5 Å². The van der Waals surface area contributed by atoms with Gasteiger partial charge in [0.05, 0.1) is 0 Å². The third kappa shape index (κ3) is 4.83. The van der Waals surface area contributed by atoms with Crippen molar-refractivity contribution in [3.05, 3.63) is 42.1 Å². The molecule has 27 heavy (non-hydrogen) atoms. The highest BCUT2D eigenvalue weighted by atomic mass is 16.1. The van der Waals surface area contributed by atoms with Gasteiger partial charge in [0.25, 0.3) is 5.91 Å². The Morgan fingerprint density at radius 3 is 2.37 bits per heavy atom. The van der Waals surface area contributed by atoms with Crippen LogP contribution >= 0.6 is 0 Å². The number of likely N-dealkylation sites (N-methyl/N-ethyl adjacent to an activating group) is 1. The molecular weight excluding hydrogens is 338 g/mol. The van der Waals surface area contributed by atoms with Gasteiger partial charge in [0.15, 0.2) is 5.82 Å². The molecular formula is C21H29N5O. The summed E-state index contributed by atoms with van der Waals surface area (Å²) in [4.78, 5) is 26.8. The molecule has 6 heteroatoms. The lowest BCUT2D eigenvalue weighted by Crippen LogP contribution is -2.47. The number of carbonyl (C=O) groups excluding carboxylic acids is 1. The first-order valence-electron chi connectivity index (χ1n) is 9.59. The molecule has 1 fully saturated rings. The summed E-state index contributed by atoms with van der Waals surface area (Å²) in [6.45, 7) is 12.8. The average molecular weight is 367 g/mol. The van der Waals surface area contributed by atoms with E-state index in [9.17, 15) is 4.79 Å². The van der Waals surface area contributed by atoms with Crippen LogP contribution in [-0.4, -0.2) is 59.0 Å². The van der Waals surface area contributed by atoms with Gasteiger partial charge in [-0.1, -0.05) is 37.3 Å². The lowest BCUT2D eigenvalue weighted by molar-refractivity contribution is 0.0919. The fourth-order valence-electron chi connectivity index (χ4n) is 3.18. The zero-order valence-electron chi connectivity index (χ0n) is 16.7. The molecule has 0 aliphatic carbocycles. The van der Waals surface area contributed by atoms with Gasteiger partial charge < -0.3 is 15.1 Å². The van der Waals surface area contributed by atoms with Crippen molar-refractivity contribution in [2.75, 3.05) is 37.6 Å². The molecule has 0 radical (unpaired) electrons. The van der Waals surface area contributed by atoms with Crippen molar-refractivity contribution in [2.24, 2.45) is 0 Å². The maximum absolute atomic E-state index is 12.9. The maximum Gasteiger partial charge on any atom is 0.257 e. The van der Waals surface area contributed by atoms with Crippen LogP contribution in [0.2, 0.25) is 0 Å². The summed E-state index contributed by atoms with van der Waals surface area (Å²) >= 11 is 0. The summed E-state index contributed by atoms with van der Waals surface area (Å²) in [5.74, 6) is 1.24. The van der Waals surface area contributed by atoms with E-state index >= 15 is 0 Å². The summed E-state index contributed by atoms with van der Waals surface area (Å²) < 4.78 is 0. The van der Waals surface area contributed by atoms with E-state index in [1.807, 2.05) is 51.1 Å². The van der Waals surface area contributed by atoms with Crippen molar-refractivity contribution in [3.63, 3.8) is 0 Å². The quantitative estimate of drug-likeness (QED) is 0.900. The molecule has 1 saturated heterocycles. The number of carbonyl (C=O) groups is 1. The number of nitrogens with zero attached hydrogens (tertiary/aromatic N) is 4. The second-order valence-electron chi connectivity index (χ2n) is 7.92. The Hall–Kier alpha value is -2.47. The second kappa shape index (κ2) is 8.05. The van der Waals surface area contributed by atoms with Gasteiger partial charge in [0.1, 0.15) is 11.4 Å². The first-order valence-corrected chi connectivity index (χ1v) is 9.59. The van der Waals surface area contributed by atoms with Gasteiger partial charge in [-0.05, 0) is 27.3 Å². The van der Waals surface area contributed by atoms with E-state index in [4.69, 9.17) is 4.98 Å². The van der Waals surface area contributed by atoms with Crippen LogP contribution in [0.5, 0.6) is 0 Å². The average Bonchev–Trinajstić information content (AvgIpc) is 2.67. The van der Waals surface area contributed by atoms with Crippen LogP contribution in [-0.2, 0) is 0 Å². The predicted octanol–water partition coefficient (Wildman–Crippen LogP) is 2.81. The number of hydrogen-bond acceptors (Lipinski definition) is 5. The monoisotopic (exact) mass is 367 g/mol. The van der Waals surface area contributed by atoms with Crippen LogP contribution in [0, 0.1) is 0 Å². The molecule has 144 valence electrons. The number of piperazine rings is 1. The van der Waals surface area contributed by atoms with Crippen molar-refractivity contribution >= 4 is 11.7 Å². The molecule has 0 unspecified atom stereocenters. The molecule has 6 nitrogen and oxygen atoms in total. The molecule has 1 amide bonds. The number of benzene rings is 1. The molecule has 1 N–H and O–H groups in total. The molecule has 1 aromatic carbocycles. The van der Waals surface area contributed by atoms with E-state index in [1.165, 1.54) is 0 Å². The zero-order valence-corrected chi connectivity index (χ0v) is 16.7. The van der Waals surface area contributed by atoms with Gasteiger partial charge in [-0.25, -0.2) is 9.97 Å². The summed E-state index contributed by atoms with van der Waals surface area (Å²) in [5.41, 5.74) is 1.18. The molecule has 2 aromatic rings. The van der Waals surface area contributed by atoms with Gasteiger partial charge in [-0.3, -0.25) is 4.79 Å². The van der Waals surface area contributed by atoms with Crippen LogP contribution < -0.4 is 10.2 Å². The van der Waals surface area contributed by atoms with Gasteiger partial charge in [-0.15, -0.1) is 0 Å². The molecule has 0 atom stereocenters. The SMILES string of the molecule is CCN1CCN(c2nc(-c3ccccc3)ncc2C(=O)NC(C)(C)C)CC1. The van der Waals surface area contributed by atoms with Gasteiger partial charge >= 0.3 is 0 Å². The van der Waals surface area contributed by atoms with Gasteiger partial charge in [-0.2, -0.15) is 0 Å². The Kier molecular flexibility index (Phi) is 5.75. The zero-order chi connectivity index (χ0) is 19.4. The molecule has 0 spiro atoms. The Bertz CT molecular complexity index is 777. The largest absolute Gasteiger partial charge is 0.353 e. The van der Waals surface area contributed by atoms with E-state index < -0.39 is 0 Å². The normalized spacial score (nSPS) is 15.6. The molecule has 0 saturated carbocycles. The summed E-state index contributed by atoms with van der Waals surface area (Å²) in [7, 11) is 0. The van der Waals surface area contributed by atoms with E-state index in [2.05, 4.69) is 27.0 Å². The van der Waals surface area contributed by atoms with Crippen LogP contribution in [0.25, 0.3) is 11.4 Å². The number of amides is 1. The van der Waals surface area contributed by atoms with E-state index in [1.54, 1.807) is 6.20 Å². The Balaban J connectivity index is 1.96. The first-order chi connectivity index (χ1) is 12.9. The highest BCUT2D eigenvalue weighted by Crippen LogP contribution is 2.24. The van der Waals surface area contributed by atoms with E-state index in [-0.39, 0.29) is 11.4 Å². The summed E-state index contributed by atoms with van der Waals surface area (Å²) in [6, 6.07) is 9.89. The molecule has 1 aromatic heterocycles. The number of rotatable bonds is 4.